The summed E-state index contributed by atoms with van der Waals surface area (Å²) in [7, 11) is 6.73. The van der Waals surface area contributed by atoms with E-state index in [0.717, 1.165) is 81.6 Å². The van der Waals surface area contributed by atoms with Gasteiger partial charge in [0.05, 0.1) is 45.5 Å². The van der Waals surface area contributed by atoms with Crippen LogP contribution in [0.3, 0.4) is 0 Å². The lowest BCUT2D eigenvalue weighted by Crippen LogP contribution is -2.09. The maximum Gasteiger partial charge on any atom is 0.569 e. The first-order valence-electron chi connectivity index (χ1n) is 21.9. The fraction of sp³-hybridized carbons (Fsp3) is 0.292. The lowest BCUT2D eigenvalue weighted by Gasteiger charge is -2.14. The van der Waals surface area contributed by atoms with Crippen LogP contribution in [0.5, 0.6) is 28.7 Å². The Morgan fingerprint density at radius 3 is 1.58 bits per heavy atom. The largest absolute Gasteiger partial charge is 0.569 e. The SMILES string of the molecule is CC(Cl)Cl.CCc1nc2c(NCc3ccc(OC)cc3OC)nc(-c3cc(F)ccc3F)c(C)n2n1.CCc1nc2c(NCc3ccc(OC)cc3OC)nc(Br)c(C)n2n1.O[B]Oc1cc(F)ccc1F. The molecule has 24 heteroatoms. The minimum absolute atomic E-state index is 0.0584. The van der Waals surface area contributed by atoms with Crippen LogP contribution in [-0.4, -0.2) is 85.1 Å². The topological polar surface area (TPSA) is 177 Å². The zero-order valence-electron chi connectivity index (χ0n) is 40.6. The summed E-state index contributed by atoms with van der Waals surface area (Å²) >= 11 is 13.6. The van der Waals surface area contributed by atoms with E-state index >= 15 is 0 Å². The van der Waals surface area contributed by atoms with Gasteiger partial charge in [0.2, 0.25) is 0 Å². The quantitative estimate of drug-likeness (QED) is 0.0502. The summed E-state index contributed by atoms with van der Waals surface area (Å²) in [6.45, 7) is 10.3. The first kappa shape index (κ1) is 56.3. The van der Waals surface area contributed by atoms with Gasteiger partial charge in [0.15, 0.2) is 40.4 Å². The van der Waals surface area contributed by atoms with Gasteiger partial charge in [0.1, 0.15) is 55.6 Å². The summed E-state index contributed by atoms with van der Waals surface area (Å²) in [5.41, 5.74) is 4.89. The molecule has 0 aliphatic carbocycles. The number of nitrogens with zero attached hydrogens (tertiary/aromatic N) is 8. The van der Waals surface area contributed by atoms with Gasteiger partial charge < -0.3 is 39.3 Å². The van der Waals surface area contributed by atoms with Gasteiger partial charge in [-0.25, -0.2) is 46.5 Å². The van der Waals surface area contributed by atoms with Crippen molar-refractivity contribution in [2.24, 2.45) is 0 Å². The van der Waals surface area contributed by atoms with Crippen LogP contribution >= 0.6 is 39.1 Å². The molecule has 4 heterocycles. The van der Waals surface area contributed by atoms with Gasteiger partial charge in [0.25, 0.3) is 0 Å². The molecule has 0 aliphatic rings. The van der Waals surface area contributed by atoms with Gasteiger partial charge in [-0.15, -0.1) is 23.2 Å². The number of benzene rings is 4. The van der Waals surface area contributed by atoms with Crippen LogP contribution in [0.4, 0.5) is 29.2 Å². The molecular formula is C48H51BBrCl2F4N10O6. The average molecular weight is 1100 g/mol. The highest BCUT2D eigenvalue weighted by Gasteiger charge is 2.20. The van der Waals surface area contributed by atoms with Crippen molar-refractivity contribution in [3.05, 3.63) is 135 Å². The van der Waals surface area contributed by atoms with E-state index in [4.69, 9.17) is 47.2 Å². The predicted molar refractivity (Wildman–Crippen MR) is 273 cm³/mol. The normalized spacial score (nSPS) is 10.6. The van der Waals surface area contributed by atoms with Crippen LogP contribution in [0.2, 0.25) is 0 Å². The second kappa shape index (κ2) is 26.7. The number of aryl methyl sites for hydroxylation is 4. The summed E-state index contributed by atoms with van der Waals surface area (Å²) in [4.78, 5) is 18.1. The summed E-state index contributed by atoms with van der Waals surface area (Å²) in [6, 6.07) is 17.2. The van der Waals surface area contributed by atoms with Gasteiger partial charge in [-0.2, -0.15) is 10.2 Å². The highest BCUT2D eigenvalue weighted by atomic mass is 79.9. The Labute approximate surface area is 432 Å². The van der Waals surface area contributed by atoms with E-state index in [9.17, 15) is 17.6 Å². The number of hydrogen-bond donors (Lipinski definition) is 3. The van der Waals surface area contributed by atoms with Crippen molar-refractivity contribution in [2.75, 3.05) is 39.1 Å². The number of nitrogens with one attached hydrogen (secondary N) is 2. The smallest absolute Gasteiger partial charge is 0.535 e. The zero-order chi connectivity index (χ0) is 52.6. The van der Waals surface area contributed by atoms with E-state index in [-0.39, 0.29) is 29.5 Å². The number of anilines is 2. The molecule has 0 amide bonds. The number of hydrogen-bond acceptors (Lipinski definition) is 14. The fourth-order valence-electron chi connectivity index (χ4n) is 6.59. The molecule has 381 valence electrons. The van der Waals surface area contributed by atoms with Crippen LogP contribution in [0.25, 0.3) is 22.6 Å². The Hall–Kier alpha value is -6.62. The van der Waals surface area contributed by atoms with Gasteiger partial charge in [-0.3, -0.25) is 0 Å². The first-order valence-corrected chi connectivity index (χ1v) is 23.5. The fourth-order valence-corrected chi connectivity index (χ4v) is 6.94. The molecule has 0 saturated carbocycles. The Morgan fingerprint density at radius 1 is 0.639 bits per heavy atom. The van der Waals surface area contributed by atoms with Gasteiger partial charge in [-0.05, 0) is 91.3 Å². The molecule has 1 radical (unpaired) electrons. The summed E-state index contributed by atoms with van der Waals surface area (Å²) in [5.74, 6) is 2.50. The summed E-state index contributed by atoms with van der Waals surface area (Å²) in [6.07, 6.45) is 1.39. The van der Waals surface area contributed by atoms with Crippen LogP contribution in [0.1, 0.15) is 54.9 Å². The van der Waals surface area contributed by atoms with E-state index in [1.54, 1.807) is 52.9 Å². The van der Waals surface area contributed by atoms with E-state index < -0.39 is 23.3 Å². The highest BCUT2D eigenvalue weighted by molar-refractivity contribution is 9.10. The van der Waals surface area contributed by atoms with Crippen molar-refractivity contribution < 1.29 is 46.2 Å². The lowest BCUT2D eigenvalue weighted by molar-refractivity contribution is 0.391. The molecule has 0 aliphatic heterocycles. The highest BCUT2D eigenvalue weighted by Crippen LogP contribution is 2.31. The second-order valence-corrected chi connectivity index (χ2v) is 17.3. The molecule has 4 aromatic carbocycles. The van der Waals surface area contributed by atoms with Crippen molar-refractivity contribution in [2.45, 2.75) is 65.4 Å². The molecule has 0 spiro atoms. The van der Waals surface area contributed by atoms with Gasteiger partial charge >= 0.3 is 7.69 Å². The Kier molecular flexibility index (Phi) is 20.9. The second-order valence-electron chi connectivity index (χ2n) is 15.0. The first-order chi connectivity index (χ1) is 34.5. The number of rotatable bonds is 15. The number of alkyl halides is 2. The molecule has 72 heavy (non-hydrogen) atoms. The summed E-state index contributed by atoms with van der Waals surface area (Å²) in [5, 5.41) is 23.7. The minimum atomic E-state index is -0.725. The third kappa shape index (κ3) is 14.5. The molecule has 0 atom stereocenters. The average Bonchev–Trinajstić information content (AvgIpc) is 4.03. The van der Waals surface area contributed by atoms with Crippen LogP contribution in [0, 0.1) is 37.1 Å². The molecule has 0 fully saturated rings. The Balaban J connectivity index is 0.000000212. The monoisotopic (exact) mass is 1100 g/mol. The Morgan fingerprint density at radius 2 is 1.11 bits per heavy atom. The molecular weight excluding hydrogens is 1050 g/mol. The van der Waals surface area contributed by atoms with E-state index in [1.165, 1.54) is 0 Å². The number of halogens is 7. The summed E-state index contributed by atoms with van der Waals surface area (Å²) < 4.78 is 83.1. The minimum Gasteiger partial charge on any atom is -0.535 e. The van der Waals surface area contributed by atoms with Crippen molar-refractivity contribution in [1.29, 1.82) is 0 Å². The predicted octanol–water partition coefficient (Wildman–Crippen LogP) is 10.6. The molecule has 0 saturated heterocycles. The maximum absolute atomic E-state index is 14.6. The molecule has 8 rings (SSSR count). The van der Waals surface area contributed by atoms with Crippen LogP contribution in [-0.2, 0) is 25.9 Å². The number of methoxy groups -OCH3 is 4. The molecule has 4 aromatic heterocycles. The van der Waals surface area contributed by atoms with E-state index in [0.29, 0.717) is 65.5 Å². The van der Waals surface area contributed by atoms with Crippen molar-refractivity contribution >= 4 is 69.7 Å². The molecule has 8 aromatic rings. The number of aromatic nitrogens is 8. The standard InChI is InChI=1S/C23H23F2N5O2.C17H20BrN5O2.C6H4BF2O2.C2H4Cl2/c1-5-20-27-23-22(26-12-14-6-8-16(31-3)11-19(14)32-4)28-21(13(2)30(23)29-20)17-10-15(24)7-9-18(17)25;1-5-14-20-17-16(21-15(18)10(2)23(17)22-14)19-9-11-6-7-12(24-3)8-13(11)25-4;8-4-1-2-5(9)6(3-4)11-7-10;1-2(3)4/h6-11H,5,12H2,1-4H3,(H,26,28);6-8H,5,9H2,1-4H3,(H,19,21);1-3,10H;2H,1H3. The lowest BCUT2D eigenvalue weighted by atomic mass is 10.1. The molecule has 0 bridgehead atoms. The van der Waals surface area contributed by atoms with Crippen molar-refractivity contribution in [3.63, 3.8) is 0 Å². The van der Waals surface area contributed by atoms with Gasteiger partial charge in [-0.1, -0.05) is 13.8 Å². The van der Waals surface area contributed by atoms with Gasteiger partial charge in [0, 0.05) is 60.8 Å². The van der Waals surface area contributed by atoms with Crippen molar-refractivity contribution in [3.8, 4) is 40.0 Å². The molecule has 0 unspecified atom stereocenters. The van der Waals surface area contributed by atoms with Crippen LogP contribution < -0.4 is 34.2 Å². The number of fused-ring (bicyclic) bond motifs is 2. The van der Waals surface area contributed by atoms with E-state index in [1.807, 2.05) is 55.6 Å². The zero-order valence-corrected chi connectivity index (χ0v) is 43.7. The third-order valence-corrected chi connectivity index (χ3v) is 11.0. The maximum atomic E-state index is 14.6. The van der Waals surface area contributed by atoms with Crippen molar-refractivity contribution in [1.82, 2.24) is 39.2 Å². The molecule has 16 nitrogen and oxygen atoms in total. The third-order valence-electron chi connectivity index (χ3n) is 10.2. The molecule has 3 N–H and O–H groups in total. The van der Waals surface area contributed by atoms with E-state index in [2.05, 4.69) is 61.4 Å². The number of ether oxygens (including phenoxy) is 4. The Bertz CT molecular complexity index is 3100. The van der Waals surface area contributed by atoms with Crippen LogP contribution in [0.15, 0.2) is 77.4 Å².